The predicted octanol–water partition coefficient (Wildman–Crippen LogP) is -0.665. The zero-order chi connectivity index (χ0) is 8.43. The molecule has 1 rings (SSSR count). The maximum absolute atomic E-state index is 10.5. The van der Waals surface area contributed by atoms with Crippen molar-refractivity contribution in [2.75, 3.05) is 0 Å². The largest absolute Gasteiger partial charge is 0.481 e. The molecule has 3 atom stereocenters. The molecule has 0 aromatic heterocycles. The Morgan fingerprint density at radius 1 is 1.64 bits per heavy atom. The number of aliphatic carboxylic acids is 1. The minimum absolute atomic E-state index is 0.449. The molecule has 0 bridgehead atoms. The van der Waals surface area contributed by atoms with E-state index in [1.54, 1.807) is 6.08 Å². The summed E-state index contributed by atoms with van der Waals surface area (Å²) in [5, 5.41) is 17.7. The monoisotopic (exact) mass is 157 g/mol. The summed E-state index contributed by atoms with van der Waals surface area (Å²) in [7, 11) is 0. The van der Waals surface area contributed by atoms with Gasteiger partial charge in [0.2, 0.25) is 0 Å². The Balaban J connectivity index is 2.72. The minimum atomic E-state index is -0.979. The van der Waals surface area contributed by atoms with Crippen LogP contribution in [0.3, 0.4) is 0 Å². The van der Waals surface area contributed by atoms with Gasteiger partial charge in [-0.2, -0.15) is 0 Å². The van der Waals surface area contributed by atoms with E-state index in [2.05, 4.69) is 0 Å². The summed E-state index contributed by atoms with van der Waals surface area (Å²) in [5.74, 6) is -1.72. The normalized spacial score (nSPS) is 37.1. The highest BCUT2D eigenvalue weighted by Gasteiger charge is 2.30. The number of aliphatic hydroxyl groups is 1. The number of hydrogen-bond acceptors (Lipinski definition) is 3. The average Bonchev–Trinajstić information content (AvgIpc) is 1.94. The van der Waals surface area contributed by atoms with Gasteiger partial charge in [0.1, 0.15) is 0 Å². The van der Waals surface area contributed by atoms with E-state index >= 15 is 0 Å². The van der Waals surface area contributed by atoms with Crippen molar-refractivity contribution >= 4 is 5.97 Å². The summed E-state index contributed by atoms with van der Waals surface area (Å²) in [4.78, 5) is 10.5. The van der Waals surface area contributed by atoms with Gasteiger partial charge in [-0.05, 0) is 6.42 Å². The average molecular weight is 157 g/mol. The molecule has 0 aliphatic heterocycles. The van der Waals surface area contributed by atoms with Crippen molar-refractivity contribution in [2.24, 2.45) is 11.7 Å². The topological polar surface area (TPSA) is 83.5 Å². The van der Waals surface area contributed by atoms with Gasteiger partial charge in [0.05, 0.1) is 12.0 Å². The lowest BCUT2D eigenvalue weighted by Crippen LogP contribution is -2.45. The molecule has 4 heteroatoms. The number of carboxylic acid groups (broad SMARTS) is 1. The summed E-state index contributed by atoms with van der Waals surface area (Å²) in [6.07, 6.45) is 2.90. The number of carboxylic acids is 1. The number of rotatable bonds is 1. The molecule has 4 N–H and O–H groups in total. The van der Waals surface area contributed by atoms with Crippen LogP contribution < -0.4 is 5.73 Å². The van der Waals surface area contributed by atoms with Crippen LogP contribution in [-0.4, -0.2) is 28.3 Å². The Hall–Kier alpha value is -0.870. The lowest BCUT2D eigenvalue weighted by atomic mass is 9.89. The lowest BCUT2D eigenvalue weighted by Gasteiger charge is -2.25. The highest BCUT2D eigenvalue weighted by atomic mass is 16.4. The zero-order valence-electron chi connectivity index (χ0n) is 5.97. The molecule has 0 amide bonds. The lowest BCUT2D eigenvalue weighted by molar-refractivity contribution is -0.141. The number of carbonyl (C=O) groups is 1. The smallest absolute Gasteiger partial charge is 0.312 e. The Labute approximate surface area is 64.3 Å². The summed E-state index contributed by atoms with van der Waals surface area (Å²) in [6.45, 7) is 0. The highest BCUT2D eigenvalue weighted by molar-refractivity contribution is 5.73. The van der Waals surface area contributed by atoms with Crippen LogP contribution in [-0.2, 0) is 4.79 Å². The molecule has 3 unspecified atom stereocenters. The molecule has 0 saturated heterocycles. The number of hydrogen-bond donors (Lipinski definition) is 3. The second kappa shape index (κ2) is 3.02. The van der Waals surface area contributed by atoms with Gasteiger partial charge in [0.15, 0.2) is 0 Å². The van der Waals surface area contributed by atoms with Gasteiger partial charge in [-0.3, -0.25) is 4.79 Å². The van der Waals surface area contributed by atoms with Crippen LogP contribution in [0.15, 0.2) is 12.2 Å². The van der Waals surface area contributed by atoms with Crippen LogP contribution in [0, 0.1) is 5.92 Å². The molecule has 11 heavy (non-hydrogen) atoms. The fourth-order valence-electron chi connectivity index (χ4n) is 1.14. The quantitative estimate of drug-likeness (QED) is 0.441. The molecular weight excluding hydrogens is 146 g/mol. The fourth-order valence-corrected chi connectivity index (χ4v) is 1.14. The summed E-state index contributed by atoms with van der Waals surface area (Å²) >= 11 is 0. The zero-order valence-corrected chi connectivity index (χ0v) is 5.97. The van der Waals surface area contributed by atoms with Gasteiger partial charge in [0.25, 0.3) is 0 Å². The second-order valence-electron chi connectivity index (χ2n) is 2.67. The van der Waals surface area contributed by atoms with Crippen molar-refractivity contribution in [1.29, 1.82) is 0 Å². The molecule has 0 aromatic carbocycles. The van der Waals surface area contributed by atoms with E-state index in [-0.39, 0.29) is 0 Å². The molecule has 0 spiro atoms. The second-order valence-corrected chi connectivity index (χ2v) is 2.67. The van der Waals surface area contributed by atoms with Crippen LogP contribution in [0.4, 0.5) is 0 Å². The van der Waals surface area contributed by atoms with Crippen LogP contribution in [0.1, 0.15) is 6.42 Å². The van der Waals surface area contributed by atoms with Crippen molar-refractivity contribution in [3.05, 3.63) is 12.2 Å². The summed E-state index contributed by atoms with van der Waals surface area (Å²) in [5.41, 5.74) is 5.44. The summed E-state index contributed by atoms with van der Waals surface area (Å²) in [6, 6.07) is -0.669. The maximum Gasteiger partial charge on any atom is 0.312 e. The van der Waals surface area contributed by atoms with Crippen molar-refractivity contribution in [3.63, 3.8) is 0 Å². The number of nitrogens with two attached hydrogens (primary N) is 1. The first-order chi connectivity index (χ1) is 5.13. The van der Waals surface area contributed by atoms with E-state index in [1.165, 1.54) is 6.08 Å². The van der Waals surface area contributed by atoms with E-state index in [0.717, 1.165) is 0 Å². The van der Waals surface area contributed by atoms with E-state index in [1.807, 2.05) is 0 Å². The van der Waals surface area contributed by atoms with Crippen LogP contribution in [0.25, 0.3) is 0 Å². The minimum Gasteiger partial charge on any atom is -0.481 e. The molecule has 1 aliphatic rings. The molecule has 0 radical (unpaired) electrons. The first kappa shape index (κ1) is 8.23. The molecule has 1 aliphatic carbocycles. The van der Waals surface area contributed by atoms with E-state index in [0.29, 0.717) is 6.42 Å². The van der Waals surface area contributed by atoms with Gasteiger partial charge in [0, 0.05) is 6.04 Å². The van der Waals surface area contributed by atoms with Crippen molar-refractivity contribution in [1.82, 2.24) is 0 Å². The summed E-state index contributed by atoms with van der Waals surface area (Å²) < 4.78 is 0. The molecule has 0 fully saturated rings. The maximum atomic E-state index is 10.5. The van der Waals surface area contributed by atoms with Crippen LogP contribution >= 0.6 is 0 Å². The van der Waals surface area contributed by atoms with Gasteiger partial charge in [-0.25, -0.2) is 0 Å². The van der Waals surface area contributed by atoms with Crippen LogP contribution in [0.2, 0.25) is 0 Å². The first-order valence-electron chi connectivity index (χ1n) is 3.46. The van der Waals surface area contributed by atoms with Gasteiger partial charge in [-0.1, -0.05) is 12.2 Å². The number of aliphatic hydroxyl groups excluding tert-OH is 1. The van der Waals surface area contributed by atoms with E-state index in [4.69, 9.17) is 15.9 Å². The molecular formula is C7H11NO3. The van der Waals surface area contributed by atoms with Crippen molar-refractivity contribution in [3.8, 4) is 0 Å². The standard InChI is InChI=1S/C7H11NO3/c8-6-4(7(10)11)2-1-3-5(6)9/h1-2,4-6,9H,3,8H2,(H,10,11). The third-order valence-corrected chi connectivity index (χ3v) is 1.87. The van der Waals surface area contributed by atoms with Gasteiger partial charge in [-0.15, -0.1) is 0 Å². The van der Waals surface area contributed by atoms with Crippen LogP contribution in [0.5, 0.6) is 0 Å². The molecule has 4 nitrogen and oxygen atoms in total. The van der Waals surface area contributed by atoms with Crippen molar-refractivity contribution < 1.29 is 15.0 Å². The Kier molecular flexibility index (Phi) is 2.26. The molecule has 62 valence electrons. The third kappa shape index (κ3) is 1.58. The van der Waals surface area contributed by atoms with Gasteiger partial charge >= 0.3 is 5.97 Å². The Morgan fingerprint density at radius 2 is 2.27 bits per heavy atom. The predicted molar refractivity (Wildman–Crippen MR) is 38.9 cm³/mol. The molecule has 0 heterocycles. The van der Waals surface area contributed by atoms with E-state index < -0.39 is 24.0 Å². The highest BCUT2D eigenvalue weighted by Crippen LogP contribution is 2.16. The Bertz CT molecular complexity index is 190. The third-order valence-electron chi connectivity index (χ3n) is 1.87. The SMILES string of the molecule is NC1C(O)CC=CC1C(=O)O. The molecule has 0 aromatic rings. The van der Waals surface area contributed by atoms with Gasteiger partial charge < -0.3 is 15.9 Å². The Morgan fingerprint density at radius 3 is 2.73 bits per heavy atom. The molecule has 0 saturated carbocycles. The fraction of sp³-hybridized carbons (Fsp3) is 0.571. The van der Waals surface area contributed by atoms with E-state index in [9.17, 15) is 4.79 Å². The first-order valence-corrected chi connectivity index (χ1v) is 3.46. The van der Waals surface area contributed by atoms with Crippen molar-refractivity contribution in [2.45, 2.75) is 18.6 Å².